The first-order valence-corrected chi connectivity index (χ1v) is 18.1. The van der Waals surface area contributed by atoms with Gasteiger partial charge < -0.3 is 19.5 Å². The average molecular weight is 747 g/mol. The van der Waals surface area contributed by atoms with Gasteiger partial charge in [0.1, 0.15) is 23.1 Å². The van der Waals surface area contributed by atoms with E-state index in [-0.39, 0.29) is 46.4 Å². The van der Waals surface area contributed by atoms with E-state index in [0.29, 0.717) is 27.6 Å². The van der Waals surface area contributed by atoms with E-state index >= 15 is 0 Å². The molecule has 0 aliphatic carbocycles. The highest BCUT2D eigenvalue weighted by atomic mass is 35.5. The molecule has 1 atom stereocenters. The van der Waals surface area contributed by atoms with Crippen molar-refractivity contribution in [1.29, 1.82) is 0 Å². The van der Waals surface area contributed by atoms with Gasteiger partial charge in [-0.3, -0.25) is 4.79 Å². The number of amides is 1. The molecule has 0 saturated heterocycles. The first-order chi connectivity index (χ1) is 23.8. The molecule has 0 aliphatic rings. The fourth-order valence-corrected chi connectivity index (χ4v) is 7.04. The van der Waals surface area contributed by atoms with Crippen molar-refractivity contribution >= 4 is 54.9 Å². The third kappa shape index (κ3) is 9.73. The van der Waals surface area contributed by atoms with E-state index in [2.05, 4.69) is 10.3 Å². The third-order valence-electron chi connectivity index (χ3n) is 7.21. The van der Waals surface area contributed by atoms with Crippen molar-refractivity contribution in [2.75, 3.05) is 12.4 Å². The minimum Gasteiger partial charge on any atom is -0.486 e. The molecule has 4 aromatic carbocycles. The Morgan fingerprint density at radius 3 is 2.40 bits per heavy atom. The number of esters is 1. The molecule has 5 aromatic rings. The van der Waals surface area contributed by atoms with Gasteiger partial charge in [0, 0.05) is 10.6 Å². The SMILES string of the molecule is CCOC(=O)C(NC(=O)c1cccc(OCc2nc3cc(C(F)(F)F)ccc3s2)c1)Oc1ccc(CCCS(=O)(=O)c2ccc(Cl)cc2)cc1. The predicted molar refractivity (Wildman–Crippen MR) is 182 cm³/mol. The van der Waals surface area contributed by atoms with Crippen molar-refractivity contribution in [3.63, 3.8) is 0 Å². The molecule has 0 aliphatic heterocycles. The summed E-state index contributed by atoms with van der Waals surface area (Å²) in [5.41, 5.74) is 0.398. The summed E-state index contributed by atoms with van der Waals surface area (Å²) in [6.45, 7) is 1.60. The maximum atomic E-state index is 13.2. The molecule has 5 rings (SSSR count). The van der Waals surface area contributed by atoms with Crippen molar-refractivity contribution in [3.8, 4) is 11.5 Å². The Morgan fingerprint density at radius 1 is 0.960 bits per heavy atom. The number of benzene rings is 4. The first-order valence-electron chi connectivity index (χ1n) is 15.2. The molecular formula is C35H30ClF3N2O7S2. The van der Waals surface area contributed by atoms with Gasteiger partial charge in [0.15, 0.2) is 9.84 Å². The molecule has 0 fully saturated rings. The second kappa shape index (κ2) is 15.9. The van der Waals surface area contributed by atoms with Gasteiger partial charge >= 0.3 is 12.1 Å². The van der Waals surface area contributed by atoms with Crippen LogP contribution in [0, 0.1) is 0 Å². The standard InChI is InChI=1S/C35H30ClF3N2O7S2/c1-2-46-34(43)33(48-26-13-8-22(9-14-26)5-4-18-50(44,45)28-15-11-25(36)12-16-28)41-32(42)23-6-3-7-27(19-23)47-21-31-40-29-20-24(35(37,38)39)10-17-30(29)49-31/h3,6-17,19-20,33H,2,4-5,18,21H2,1H3,(H,41,42). The zero-order chi connectivity index (χ0) is 35.9. The Balaban J connectivity index is 1.18. The molecule has 1 heterocycles. The normalized spacial score (nSPS) is 12.3. The third-order valence-corrected chi connectivity index (χ3v) is 10.3. The number of hydrogen-bond acceptors (Lipinski definition) is 9. The highest BCUT2D eigenvalue weighted by molar-refractivity contribution is 7.91. The lowest BCUT2D eigenvalue weighted by atomic mass is 10.1. The highest BCUT2D eigenvalue weighted by Gasteiger charge is 2.31. The van der Waals surface area contributed by atoms with E-state index in [4.69, 9.17) is 25.8 Å². The zero-order valence-electron chi connectivity index (χ0n) is 26.4. The Bertz CT molecular complexity index is 2070. The molecular weight excluding hydrogens is 717 g/mol. The van der Waals surface area contributed by atoms with Crippen LogP contribution in [0.5, 0.6) is 11.5 Å². The molecule has 1 aromatic heterocycles. The lowest BCUT2D eigenvalue weighted by molar-refractivity contribution is -0.152. The number of aryl methyl sites for hydroxylation is 1. The second-order valence-corrected chi connectivity index (χ2v) is 14.5. The van der Waals surface area contributed by atoms with Gasteiger partial charge in [-0.2, -0.15) is 13.2 Å². The average Bonchev–Trinajstić information content (AvgIpc) is 3.50. The molecule has 0 radical (unpaired) electrons. The van der Waals surface area contributed by atoms with Crippen molar-refractivity contribution in [2.45, 2.75) is 43.7 Å². The molecule has 0 spiro atoms. The summed E-state index contributed by atoms with van der Waals surface area (Å²) < 4.78 is 81.6. The molecule has 0 saturated carbocycles. The fourth-order valence-electron chi connectivity index (χ4n) is 4.74. The van der Waals surface area contributed by atoms with Gasteiger partial charge in [-0.05, 0) is 98.1 Å². The number of nitrogens with zero attached hydrogens (tertiary/aromatic N) is 1. The second-order valence-electron chi connectivity index (χ2n) is 10.8. The van der Waals surface area contributed by atoms with Crippen LogP contribution in [0.1, 0.15) is 39.8 Å². The summed E-state index contributed by atoms with van der Waals surface area (Å²) in [6, 6.07) is 22.1. The topological polar surface area (TPSA) is 121 Å². The molecule has 9 nitrogen and oxygen atoms in total. The molecule has 1 amide bonds. The predicted octanol–water partition coefficient (Wildman–Crippen LogP) is 7.65. The van der Waals surface area contributed by atoms with Crippen LogP contribution in [0.25, 0.3) is 10.2 Å². The summed E-state index contributed by atoms with van der Waals surface area (Å²) in [5.74, 6) is -0.986. The lowest BCUT2D eigenvalue weighted by Crippen LogP contribution is -2.46. The lowest BCUT2D eigenvalue weighted by Gasteiger charge is -2.19. The Labute approximate surface area is 294 Å². The Hall–Kier alpha value is -4.66. The van der Waals surface area contributed by atoms with Gasteiger partial charge in [0.05, 0.1) is 33.0 Å². The van der Waals surface area contributed by atoms with Crippen molar-refractivity contribution in [3.05, 3.63) is 118 Å². The van der Waals surface area contributed by atoms with Gasteiger partial charge in [-0.1, -0.05) is 29.8 Å². The smallest absolute Gasteiger partial charge is 0.416 e. The quantitative estimate of drug-likeness (QED) is 0.0909. The summed E-state index contributed by atoms with van der Waals surface area (Å²) in [7, 11) is -3.47. The number of halogens is 4. The number of carbonyl (C=O) groups excluding carboxylic acids is 2. The number of alkyl halides is 3. The number of thiazole rings is 1. The van der Waals surface area contributed by atoms with E-state index in [1.807, 2.05) is 0 Å². The van der Waals surface area contributed by atoms with Crippen molar-refractivity contribution in [2.24, 2.45) is 0 Å². The summed E-state index contributed by atoms with van der Waals surface area (Å²) in [4.78, 5) is 30.3. The summed E-state index contributed by atoms with van der Waals surface area (Å²) in [6.07, 6.45) is -5.13. The maximum absolute atomic E-state index is 13.2. The monoisotopic (exact) mass is 746 g/mol. The van der Waals surface area contributed by atoms with Crippen LogP contribution in [-0.2, 0) is 38.6 Å². The van der Waals surface area contributed by atoms with Gasteiger partial charge in [-0.15, -0.1) is 11.3 Å². The van der Waals surface area contributed by atoms with Crippen LogP contribution in [0.4, 0.5) is 13.2 Å². The van der Waals surface area contributed by atoms with E-state index < -0.39 is 39.7 Å². The van der Waals surface area contributed by atoms with Crippen LogP contribution < -0.4 is 14.8 Å². The minimum absolute atomic E-state index is 0.0407. The van der Waals surface area contributed by atoms with E-state index in [9.17, 15) is 31.2 Å². The number of carbonyl (C=O) groups is 2. The van der Waals surface area contributed by atoms with Crippen molar-refractivity contribution in [1.82, 2.24) is 10.3 Å². The van der Waals surface area contributed by atoms with Gasteiger partial charge in [0.2, 0.25) is 0 Å². The van der Waals surface area contributed by atoms with Crippen molar-refractivity contribution < 1.29 is 45.4 Å². The first kappa shape index (κ1) is 36.6. The number of ether oxygens (including phenoxy) is 3. The number of sulfone groups is 1. The number of fused-ring (bicyclic) bond motifs is 1. The van der Waals surface area contributed by atoms with Crippen LogP contribution in [0.15, 0.2) is 95.9 Å². The highest BCUT2D eigenvalue weighted by Crippen LogP contribution is 2.33. The molecule has 50 heavy (non-hydrogen) atoms. The number of rotatable bonds is 14. The fraction of sp³-hybridized carbons (Fsp3) is 0.229. The Morgan fingerprint density at radius 2 is 1.70 bits per heavy atom. The molecule has 262 valence electrons. The maximum Gasteiger partial charge on any atom is 0.416 e. The van der Waals surface area contributed by atoms with Crippen LogP contribution in [-0.4, -0.2) is 43.9 Å². The summed E-state index contributed by atoms with van der Waals surface area (Å²) >= 11 is 7.04. The molecule has 15 heteroatoms. The summed E-state index contributed by atoms with van der Waals surface area (Å²) in [5, 5.41) is 3.41. The number of nitrogens with one attached hydrogen (secondary N) is 1. The van der Waals surface area contributed by atoms with E-state index in [1.54, 1.807) is 43.3 Å². The van der Waals surface area contributed by atoms with Crippen LogP contribution in [0.2, 0.25) is 5.02 Å². The molecule has 1 N–H and O–H groups in total. The zero-order valence-corrected chi connectivity index (χ0v) is 28.8. The largest absolute Gasteiger partial charge is 0.486 e. The number of hydrogen-bond donors (Lipinski definition) is 1. The Kier molecular flexibility index (Phi) is 11.7. The van der Waals surface area contributed by atoms with Gasteiger partial charge in [0.25, 0.3) is 12.1 Å². The van der Waals surface area contributed by atoms with E-state index in [0.717, 1.165) is 17.7 Å². The van der Waals surface area contributed by atoms with Crippen LogP contribution in [0.3, 0.4) is 0 Å². The van der Waals surface area contributed by atoms with Crippen LogP contribution >= 0.6 is 22.9 Å². The molecule has 0 bridgehead atoms. The van der Waals surface area contributed by atoms with E-state index in [1.165, 1.54) is 53.8 Å². The molecule has 1 unspecified atom stereocenters. The minimum atomic E-state index is -4.48. The van der Waals surface area contributed by atoms with Gasteiger partial charge in [-0.25, -0.2) is 18.2 Å². The number of aromatic nitrogens is 1.